The first kappa shape index (κ1) is 25.4. The van der Waals surface area contributed by atoms with E-state index < -0.39 is 10.2 Å². The summed E-state index contributed by atoms with van der Waals surface area (Å²) in [6.07, 6.45) is 5.73. The second-order valence-corrected chi connectivity index (χ2v) is 11.5. The largest absolute Gasteiger partial charge is 0.378 e. The lowest BCUT2D eigenvalue weighted by Crippen LogP contribution is -2.54. The Bertz CT molecular complexity index is 890. The van der Waals surface area contributed by atoms with Crippen molar-refractivity contribution in [2.24, 2.45) is 0 Å². The Hall–Kier alpha value is -1.72. The van der Waals surface area contributed by atoms with Gasteiger partial charge in [-0.05, 0) is 37.1 Å². The number of ether oxygens (including phenoxy) is 1. The first-order valence-electron chi connectivity index (χ1n) is 12.6. The summed E-state index contributed by atoms with van der Waals surface area (Å²) >= 11 is 0. The highest BCUT2D eigenvalue weighted by atomic mass is 32.2. The van der Waals surface area contributed by atoms with Gasteiger partial charge in [0.05, 0.1) is 13.2 Å². The lowest BCUT2D eigenvalue weighted by atomic mass is 9.96. The van der Waals surface area contributed by atoms with Crippen LogP contribution in [-0.4, -0.2) is 100.0 Å². The third-order valence-corrected chi connectivity index (χ3v) is 9.34. The molecular weight excluding hydrogens is 454 g/mol. The van der Waals surface area contributed by atoms with Crippen LogP contribution in [-0.2, 0) is 19.7 Å². The van der Waals surface area contributed by atoms with Gasteiger partial charge in [0.15, 0.2) is 0 Å². The van der Waals surface area contributed by atoms with Crippen molar-refractivity contribution in [3.05, 3.63) is 24.3 Å². The molecule has 0 atom stereocenters. The lowest BCUT2D eigenvalue weighted by molar-refractivity contribution is -0.116. The van der Waals surface area contributed by atoms with E-state index in [9.17, 15) is 13.2 Å². The Morgan fingerprint density at radius 2 is 1.65 bits per heavy atom. The summed E-state index contributed by atoms with van der Waals surface area (Å²) in [6.45, 7) is 6.15. The highest BCUT2D eigenvalue weighted by Crippen LogP contribution is 2.25. The topological polar surface area (TPSA) is 85.4 Å². The zero-order valence-electron chi connectivity index (χ0n) is 20.3. The summed E-state index contributed by atoms with van der Waals surface area (Å²) < 4.78 is 34.7. The quantitative estimate of drug-likeness (QED) is 0.596. The van der Waals surface area contributed by atoms with Crippen molar-refractivity contribution in [3.63, 3.8) is 0 Å². The van der Waals surface area contributed by atoms with Crippen LogP contribution >= 0.6 is 0 Å². The van der Waals surface area contributed by atoms with Gasteiger partial charge in [-0.3, -0.25) is 4.79 Å². The number of benzene rings is 1. The van der Waals surface area contributed by atoms with E-state index in [4.69, 9.17) is 4.74 Å². The fraction of sp³-hybridized carbons (Fsp3) is 0.708. The van der Waals surface area contributed by atoms with Crippen molar-refractivity contribution in [2.45, 2.75) is 44.6 Å². The van der Waals surface area contributed by atoms with E-state index in [-0.39, 0.29) is 11.9 Å². The third-order valence-electron chi connectivity index (χ3n) is 7.29. The van der Waals surface area contributed by atoms with Crippen LogP contribution in [0.4, 0.5) is 11.4 Å². The molecule has 9 nitrogen and oxygen atoms in total. The van der Waals surface area contributed by atoms with Crippen LogP contribution in [0.25, 0.3) is 0 Å². The molecule has 10 heteroatoms. The predicted molar refractivity (Wildman–Crippen MR) is 134 cm³/mol. The molecule has 2 heterocycles. The minimum Gasteiger partial charge on any atom is -0.378 e. The Kier molecular flexibility index (Phi) is 8.81. The molecule has 1 N–H and O–H groups in total. The van der Waals surface area contributed by atoms with E-state index in [2.05, 4.69) is 15.1 Å². The van der Waals surface area contributed by atoms with Gasteiger partial charge in [-0.1, -0.05) is 19.3 Å². The van der Waals surface area contributed by atoms with Gasteiger partial charge >= 0.3 is 0 Å². The summed E-state index contributed by atoms with van der Waals surface area (Å²) in [4.78, 5) is 16.9. The molecule has 1 amide bonds. The maximum absolute atomic E-state index is 13.0. The van der Waals surface area contributed by atoms with Crippen LogP contribution in [0.1, 0.15) is 38.5 Å². The standard InChI is InChI=1S/C24H39N5O4S/c1-26(22-5-3-2-4-6-22)34(31,32)29-15-13-27(14-16-29)12-11-24(30)25-21-7-9-23(10-8-21)28-17-19-33-20-18-28/h7-10,22H,2-6,11-20H2,1H3,(H,25,30). The van der Waals surface area contributed by atoms with E-state index in [1.54, 1.807) is 15.7 Å². The Morgan fingerprint density at radius 3 is 2.29 bits per heavy atom. The summed E-state index contributed by atoms with van der Waals surface area (Å²) in [7, 11) is -1.69. The molecule has 190 valence electrons. The van der Waals surface area contributed by atoms with Crippen LogP contribution < -0.4 is 10.2 Å². The second-order valence-electron chi connectivity index (χ2n) is 9.50. The summed E-state index contributed by atoms with van der Waals surface area (Å²) in [6, 6.07) is 8.07. The SMILES string of the molecule is CN(C1CCCCC1)S(=O)(=O)N1CCN(CCC(=O)Nc2ccc(N3CCOCC3)cc2)CC1. The maximum Gasteiger partial charge on any atom is 0.282 e. The number of nitrogens with zero attached hydrogens (tertiary/aromatic N) is 4. The normalized spacial score (nSPS) is 21.6. The number of rotatable bonds is 8. The number of carbonyl (C=O) groups is 1. The summed E-state index contributed by atoms with van der Waals surface area (Å²) in [5.74, 6) is -0.0220. The number of nitrogens with one attached hydrogen (secondary N) is 1. The van der Waals surface area contributed by atoms with Crippen molar-refractivity contribution in [1.82, 2.24) is 13.5 Å². The van der Waals surface area contributed by atoms with E-state index in [0.717, 1.165) is 63.4 Å². The third kappa shape index (κ3) is 6.48. The van der Waals surface area contributed by atoms with Crippen molar-refractivity contribution in [2.75, 3.05) is 76.3 Å². The number of carbonyl (C=O) groups excluding carboxylic acids is 1. The number of hydrogen-bond acceptors (Lipinski definition) is 6. The molecule has 0 radical (unpaired) electrons. The van der Waals surface area contributed by atoms with Crippen molar-refractivity contribution >= 4 is 27.5 Å². The molecule has 1 aliphatic carbocycles. The zero-order chi connectivity index (χ0) is 24.0. The molecule has 2 aliphatic heterocycles. The molecule has 0 aromatic heterocycles. The van der Waals surface area contributed by atoms with E-state index in [1.165, 1.54) is 6.42 Å². The van der Waals surface area contributed by atoms with Crippen LogP contribution in [0.3, 0.4) is 0 Å². The van der Waals surface area contributed by atoms with Gasteiger partial charge in [0.1, 0.15) is 0 Å². The number of morpholine rings is 1. The van der Waals surface area contributed by atoms with Crippen LogP contribution in [0.15, 0.2) is 24.3 Å². The lowest BCUT2D eigenvalue weighted by Gasteiger charge is -2.38. The molecule has 1 aromatic carbocycles. The smallest absolute Gasteiger partial charge is 0.282 e. The minimum atomic E-state index is -3.42. The molecule has 0 bridgehead atoms. The molecule has 4 rings (SSSR count). The zero-order valence-corrected chi connectivity index (χ0v) is 21.1. The minimum absolute atomic E-state index is 0.0220. The molecule has 34 heavy (non-hydrogen) atoms. The molecule has 0 spiro atoms. The number of anilines is 2. The van der Waals surface area contributed by atoms with Crippen LogP contribution in [0.5, 0.6) is 0 Å². The number of hydrogen-bond donors (Lipinski definition) is 1. The van der Waals surface area contributed by atoms with Crippen molar-refractivity contribution < 1.29 is 17.9 Å². The molecular formula is C24H39N5O4S. The van der Waals surface area contributed by atoms with E-state index >= 15 is 0 Å². The van der Waals surface area contributed by atoms with Gasteiger partial charge in [0, 0.05) is 76.7 Å². The van der Waals surface area contributed by atoms with Crippen LogP contribution in [0, 0.1) is 0 Å². The first-order valence-corrected chi connectivity index (χ1v) is 14.0. The van der Waals surface area contributed by atoms with Gasteiger partial charge < -0.3 is 19.9 Å². The molecule has 1 aromatic rings. The van der Waals surface area contributed by atoms with Crippen molar-refractivity contribution in [3.8, 4) is 0 Å². The Labute approximate surface area is 204 Å². The summed E-state index contributed by atoms with van der Waals surface area (Å²) in [5.41, 5.74) is 1.94. The Morgan fingerprint density at radius 1 is 1.00 bits per heavy atom. The van der Waals surface area contributed by atoms with Gasteiger partial charge in [0.2, 0.25) is 5.91 Å². The monoisotopic (exact) mass is 493 g/mol. The fourth-order valence-electron chi connectivity index (χ4n) is 5.06. The maximum atomic E-state index is 13.0. The number of piperazine rings is 1. The molecule has 2 saturated heterocycles. The van der Waals surface area contributed by atoms with E-state index in [0.29, 0.717) is 39.1 Å². The average molecular weight is 494 g/mol. The first-order chi connectivity index (χ1) is 16.4. The number of amides is 1. The van der Waals surface area contributed by atoms with Crippen LogP contribution in [0.2, 0.25) is 0 Å². The van der Waals surface area contributed by atoms with Gasteiger partial charge in [-0.25, -0.2) is 0 Å². The molecule has 1 saturated carbocycles. The molecule has 3 fully saturated rings. The van der Waals surface area contributed by atoms with Crippen molar-refractivity contribution in [1.29, 1.82) is 0 Å². The van der Waals surface area contributed by atoms with Gasteiger partial charge in [-0.2, -0.15) is 17.0 Å². The summed E-state index contributed by atoms with van der Waals surface area (Å²) in [5, 5.41) is 2.97. The molecule has 0 unspecified atom stereocenters. The van der Waals surface area contributed by atoms with E-state index in [1.807, 2.05) is 24.3 Å². The predicted octanol–water partition coefficient (Wildman–Crippen LogP) is 1.98. The highest BCUT2D eigenvalue weighted by molar-refractivity contribution is 7.86. The Balaban J connectivity index is 1.18. The van der Waals surface area contributed by atoms with Gasteiger partial charge in [-0.15, -0.1) is 0 Å². The van der Waals surface area contributed by atoms with Gasteiger partial charge in [0.25, 0.3) is 10.2 Å². The molecule has 3 aliphatic rings. The highest BCUT2D eigenvalue weighted by Gasteiger charge is 2.34. The second kappa shape index (κ2) is 11.8. The fourth-order valence-corrected chi connectivity index (χ4v) is 6.64. The average Bonchev–Trinajstić information content (AvgIpc) is 2.89.